The van der Waals surface area contributed by atoms with E-state index in [-0.39, 0.29) is 6.03 Å². The third-order valence-electron chi connectivity index (χ3n) is 3.97. The molecule has 4 nitrogen and oxygen atoms in total. The summed E-state index contributed by atoms with van der Waals surface area (Å²) >= 11 is 0. The van der Waals surface area contributed by atoms with Crippen LogP contribution in [0.1, 0.15) is 72.6 Å². The Hall–Kier alpha value is -0.770. The average Bonchev–Trinajstić information content (AvgIpc) is 2.48. The number of nitrogens with one attached hydrogen (secondary N) is 3. The lowest BCUT2D eigenvalue weighted by Crippen LogP contribution is -2.45. The smallest absolute Gasteiger partial charge is 0.314 e. The van der Waals surface area contributed by atoms with Gasteiger partial charge >= 0.3 is 6.03 Å². The second-order valence-electron chi connectivity index (χ2n) is 5.86. The van der Waals surface area contributed by atoms with Gasteiger partial charge in [0.25, 0.3) is 0 Å². The van der Waals surface area contributed by atoms with Gasteiger partial charge in [-0.1, -0.05) is 53.4 Å². The lowest BCUT2D eigenvalue weighted by molar-refractivity contribution is 0.234. The van der Waals surface area contributed by atoms with Gasteiger partial charge < -0.3 is 16.0 Å². The Morgan fingerprint density at radius 2 is 1.57 bits per heavy atom. The quantitative estimate of drug-likeness (QED) is 0.454. The summed E-state index contributed by atoms with van der Waals surface area (Å²) in [6.07, 6.45) is 8.06. The molecule has 0 aliphatic rings. The molecular formula is C17H37N3O. The first-order valence-electron chi connectivity index (χ1n) is 8.94. The Bertz CT molecular complexity index is 246. The zero-order valence-electron chi connectivity index (χ0n) is 14.6. The van der Waals surface area contributed by atoms with E-state index < -0.39 is 0 Å². The molecule has 0 aliphatic heterocycles. The van der Waals surface area contributed by atoms with Crippen LogP contribution in [0.4, 0.5) is 4.79 Å². The molecule has 0 spiro atoms. The van der Waals surface area contributed by atoms with Crippen molar-refractivity contribution in [2.75, 3.05) is 19.6 Å². The second kappa shape index (κ2) is 14.2. The molecule has 0 aliphatic carbocycles. The molecule has 0 aromatic carbocycles. The van der Waals surface area contributed by atoms with E-state index in [1.165, 1.54) is 25.7 Å². The molecule has 0 aromatic rings. The Balaban J connectivity index is 4.13. The first-order valence-corrected chi connectivity index (χ1v) is 8.94. The third-order valence-corrected chi connectivity index (χ3v) is 3.97. The number of unbranched alkanes of at least 4 members (excludes halogenated alkanes) is 2. The van der Waals surface area contributed by atoms with Crippen LogP contribution in [-0.4, -0.2) is 31.7 Å². The van der Waals surface area contributed by atoms with E-state index in [1.807, 2.05) is 0 Å². The van der Waals surface area contributed by atoms with Crippen LogP contribution in [0.3, 0.4) is 0 Å². The molecule has 2 unspecified atom stereocenters. The van der Waals surface area contributed by atoms with Crippen LogP contribution in [0.25, 0.3) is 0 Å². The van der Waals surface area contributed by atoms with Crippen LogP contribution in [0, 0.1) is 5.92 Å². The lowest BCUT2D eigenvalue weighted by atomic mass is 9.93. The maximum atomic E-state index is 11.7. The van der Waals surface area contributed by atoms with E-state index in [0.29, 0.717) is 12.0 Å². The largest absolute Gasteiger partial charge is 0.338 e. The fraction of sp³-hybridized carbons (Fsp3) is 0.941. The summed E-state index contributed by atoms with van der Waals surface area (Å²) < 4.78 is 0. The molecule has 0 rings (SSSR count). The minimum absolute atomic E-state index is 0.0225. The molecular weight excluding hydrogens is 262 g/mol. The molecule has 4 heteroatoms. The van der Waals surface area contributed by atoms with Crippen molar-refractivity contribution in [3.63, 3.8) is 0 Å². The van der Waals surface area contributed by atoms with Gasteiger partial charge in [0, 0.05) is 19.1 Å². The number of rotatable bonds is 13. The van der Waals surface area contributed by atoms with Gasteiger partial charge in [0.2, 0.25) is 0 Å². The number of hydrogen-bond donors (Lipinski definition) is 3. The zero-order valence-corrected chi connectivity index (χ0v) is 14.6. The molecule has 3 N–H and O–H groups in total. The van der Waals surface area contributed by atoms with Gasteiger partial charge in [0.05, 0.1) is 0 Å². The molecule has 0 saturated heterocycles. The maximum Gasteiger partial charge on any atom is 0.314 e. The highest BCUT2D eigenvalue weighted by Gasteiger charge is 2.19. The first-order chi connectivity index (χ1) is 10.2. The summed E-state index contributed by atoms with van der Waals surface area (Å²) in [6, 6.07) is 0.494. The molecule has 126 valence electrons. The standard InChI is InChI=1S/C17H37N3O/c1-5-9-12-18-16(11-7-3)15(8-4)14-20-17(21)19-13-10-6-2/h15-16,18H,5-14H2,1-4H3,(H2,19,20,21). The summed E-state index contributed by atoms with van der Waals surface area (Å²) in [4.78, 5) is 11.7. The number of amides is 2. The SMILES string of the molecule is CCCCNC(=O)NCC(CC)C(CCC)NCCCC. The normalized spacial score (nSPS) is 13.7. The Morgan fingerprint density at radius 1 is 0.905 bits per heavy atom. The maximum absolute atomic E-state index is 11.7. The van der Waals surface area contributed by atoms with Gasteiger partial charge in [0.15, 0.2) is 0 Å². The van der Waals surface area contributed by atoms with Crippen LogP contribution in [0.5, 0.6) is 0 Å². The average molecular weight is 300 g/mol. The van der Waals surface area contributed by atoms with Crippen molar-refractivity contribution in [1.82, 2.24) is 16.0 Å². The highest BCUT2D eigenvalue weighted by Crippen LogP contribution is 2.13. The van der Waals surface area contributed by atoms with E-state index in [4.69, 9.17) is 0 Å². The fourth-order valence-electron chi connectivity index (χ4n) is 2.52. The van der Waals surface area contributed by atoms with Crippen molar-refractivity contribution in [1.29, 1.82) is 0 Å². The van der Waals surface area contributed by atoms with Gasteiger partial charge in [-0.15, -0.1) is 0 Å². The second-order valence-corrected chi connectivity index (χ2v) is 5.86. The van der Waals surface area contributed by atoms with Gasteiger partial charge in [0.1, 0.15) is 0 Å². The Kier molecular flexibility index (Phi) is 13.7. The summed E-state index contributed by atoms with van der Waals surface area (Å²) in [5.41, 5.74) is 0. The zero-order chi connectivity index (χ0) is 15.9. The Labute approximate surface area is 131 Å². The summed E-state index contributed by atoms with van der Waals surface area (Å²) in [5.74, 6) is 0.513. The van der Waals surface area contributed by atoms with Crippen LogP contribution < -0.4 is 16.0 Å². The monoisotopic (exact) mass is 299 g/mol. The molecule has 0 saturated carbocycles. The Morgan fingerprint density at radius 3 is 2.14 bits per heavy atom. The molecule has 2 amide bonds. The van der Waals surface area contributed by atoms with E-state index in [2.05, 4.69) is 43.6 Å². The summed E-state index contributed by atoms with van der Waals surface area (Å²) in [6.45, 7) is 11.4. The predicted octanol–water partition coefficient (Wildman–Crippen LogP) is 3.67. The van der Waals surface area contributed by atoms with Crippen molar-refractivity contribution >= 4 is 6.03 Å². The minimum atomic E-state index is -0.0225. The molecule has 2 atom stereocenters. The van der Waals surface area contributed by atoms with Crippen molar-refractivity contribution in [3.05, 3.63) is 0 Å². The van der Waals surface area contributed by atoms with Crippen LogP contribution in [-0.2, 0) is 0 Å². The molecule has 0 bridgehead atoms. The highest BCUT2D eigenvalue weighted by molar-refractivity contribution is 5.73. The fourth-order valence-corrected chi connectivity index (χ4v) is 2.52. The number of hydrogen-bond acceptors (Lipinski definition) is 2. The van der Waals surface area contributed by atoms with Gasteiger partial charge in [-0.25, -0.2) is 4.79 Å². The number of urea groups is 1. The van der Waals surface area contributed by atoms with Gasteiger partial charge in [-0.3, -0.25) is 0 Å². The highest BCUT2D eigenvalue weighted by atomic mass is 16.2. The van der Waals surface area contributed by atoms with Crippen molar-refractivity contribution in [3.8, 4) is 0 Å². The van der Waals surface area contributed by atoms with Crippen LogP contribution in [0.15, 0.2) is 0 Å². The van der Waals surface area contributed by atoms with Gasteiger partial charge in [-0.05, 0) is 31.7 Å². The van der Waals surface area contributed by atoms with Crippen molar-refractivity contribution in [2.24, 2.45) is 5.92 Å². The summed E-state index contributed by atoms with van der Waals surface area (Å²) in [5, 5.41) is 9.62. The first kappa shape index (κ1) is 20.2. The van der Waals surface area contributed by atoms with Gasteiger partial charge in [-0.2, -0.15) is 0 Å². The topological polar surface area (TPSA) is 53.2 Å². The predicted molar refractivity (Wildman–Crippen MR) is 91.7 cm³/mol. The van der Waals surface area contributed by atoms with Crippen LogP contribution in [0.2, 0.25) is 0 Å². The van der Waals surface area contributed by atoms with E-state index in [0.717, 1.165) is 38.9 Å². The summed E-state index contributed by atoms with van der Waals surface area (Å²) in [7, 11) is 0. The van der Waals surface area contributed by atoms with Crippen molar-refractivity contribution in [2.45, 2.75) is 78.7 Å². The van der Waals surface area contributed by atoms with Crippen LogP contribution >= 0.6 is 0 Å². The molecule has 0 radical (unpaired) electrons. The number of carbonyl (C=O) groups excluding carboxylic acids is 1. The van der Waals surface area contributed by atoms with Crippen molar-refractivity contribution < 1.29 is 4.79 Å². The number of carbonyl (C=O) groups is 1. The minimum Gasteiger partial charge on any atom is -0.338 e. The molecule has 0 heterocycles. The lowest BCUT2D eigenvalue weighted by Gasteiger charge is -2.27. The van der Waals surface area contributed by atoms with E-state index >= 15 is 0 Å². The molecule has 0 aromatic heterocycles. The molecule has 0 fully saturated rings. The van der Waals surface area contributed by atoms with E-state index in [9.17, 15) is 4.79 Å². The van der Waals surface area contributed by atoms with E-state index in [1.54, 1.807) is 0 Å². The molecule has 21 heavy (non-hydrogen) atoms. The third kappa shape index (κ3) is 10.6.